The van der Waals surface area contributed by atoms with Crippen LogP contribution in [0.15, 0.2) is 24.5 Å². The van der Waals surface area contributed by atoms with Crippen molar-refractivity contribution < 1.29 is 23.7 Å². The van der Waals surface area contributed by atoms with Gasteiger partial charge in [0, 0.05) is 18.5 Å². The van der Waals surface area contributed by atoms with Crippen LogP contribution in [0, 0.1) is 5.82 Å². The third kappa shape index (κ3) is 3.17. The van der Waals surface area contributed by atoms with Crippen LogP contribution in [-0.2, 0) is 26.0 Å². The standard InChI is InChI=1S/C24H25ClFN5O4/c1-23(2)34-17-15(8-32)33-21(18(17)35-23)31-11-27-16-19(28-22(25)29-20(16)31)30-9-24(10-30)6-5-12-7-13(26)3-4-14(12)24/h3-4,7,11,15,17-18,21,32H,5-6,8-10H2,1-2H3/t15-,17?,18+,21-/m1/s1. The van der Waals surface area contributed by atoms with Gasteiger partial charge < -0.3 is 24.2 Å². The molecule has 1 aliphatic carbocycles. The van der Waals surface area contributed by atoms with E-state index < -0.39 is 30.3 Å². The van der Waals surface area contributed by atoms with Gasteiger partial charge in [-0.3, -0.25) is 4.57 Å². The molecule has 3 fully saturated rings. The number of ether oxygens (including phenoxy) is 3. The fourth-order valence-corrected chi connectivity index (χ4v) is 6.43. The first-order valence-corrected chi connectivity index (χ1v) is 12.2. The minimum atomic E-state index is -0.786. The van der Waals surface area contributed by atoms with Crippen molar-refractivity contribution in [1.29, 1.82) is 0 Å². The first-order chi connectivity index (χ1) is 16.8. The van der Waals surface area contributed by atoms with E-state index in [0.717, 1.165) is 31.5 Å². The summed E-state index contributed by atoms with van der Waals surface area (Å²) in [5.41, 5.74) is 3.45. The van der Waals surface area contributed by atoms with Crippen molar-refractivity contribution in [2.75, 3.05) is 24.6 Å². The average molecular weight is 502 g/mol. The summed E-state index contributed by atoms with van der Waals surface area (Å²) in [7, 11) is 0. The van der Waals surface area contributed by atoms with E-state index in [1.54, 1.807) is 23.0 Å². The molecule has 1 N–H and O–H groups in total. The SMILES string of the molecule is CC1(C)OC2[C@@H](CO)O[C@@H](n3cnc4c(N5CC6(CCc7cc(F)ccc76)C5)nc(Cl)nc43)[C@H]2O1. The lowest BCUT2D eigenvalue weighted by atomic mass is 9.75. The molecule has 3 aliphatic heterocycles. The third-order valence-corrected chi connectivity index (χ3v) is 7.92. The predicted octanol–water partition coefficient (Wildman–Crippen LogP) is 2.73. The highest BCUT2D eigenvalue weighted by Crippen LogP contribution is 2.48. The number of fused-ring (bicyclic) bond motifs is 4. The van der Waals surface area contributed by atoms with Gasteiger partial charge in [-0.2, -0.15) is 9.97 Å². The Kier molecular flexibility index (Phi) is 4.58. The van der Waals surface area contributed by atoms with E-state index in [9.17, 15) is 9.50 Å². The zero-order valence-electron chi connectivity index (χ0n) is 19.3. The highest BCUT2D eigenvalue weighted by atomic mass is 35.5. The molecular formula is C24H25ClFN5O4. The van der Waals surface area contributed by atoms with E-state index >= 15 is 0 Å². The Balaban J connectivity index is 1.22. The molecule has 0 saturated carbocycles. The highest BCUT2D eigenvalue weighted by Gasteiger charge is 2.56. The molecule has 4 aliphatic rings. The number of aryl methyl sites for hydroxylation is 1. The Bertz CT molecular complexity index is 1340. The second-order valence-electron chi connectivity index (χ2n) is 10.4. The van der Waals surface area contributed by atoms with Gasteiger partial charge in [-0.1, -0.05) is 6.07 Å². The maximum Gasteiger partial charge on any atom is 0.226 e. The van der Waals surface area contributed by atoms with Gasteiger partial charge in [0.05, 0.1) is 12.9 Å². The van der Waals surface area contributed by atoms with E-state index in [1.807, 2.05) is 19.9 Å². The Morgan fingerprint density at radius 2 is 2.00 bits per heavy atom. The Morgan fingerprint density at radius 3 is 2.80 bits per heavy atom. The van der Waals surface area contributed by atoms with Gasteiger partial charge in [0.2, 0.25) is 5.28 Å². The average Bonchev–Trinajstić information content (AvgIpc) is 3.51. The zero-order valence-corrected chi connectivity index (χ0v) is 20.1. The Hall–Kier alpha value is -2.37. The predicted molar refractivity (Wildman–Crippen MR) is 124 cm³/mol. The number of nitrogens with zero attached hydrogens (tertiary/aromatic N) is 5. The summed E-state index contributed by atoms with van der Waals surface area (Å²) in [5, 5.41) is 9.95. The van der Waals surface area contributed by atoms with Crippen molar-refractivity contribution in [3.63, 3.8) is 0 Å². The maximum absolute atomic E-state index is 13.7. The molecule has 1 unspecified atom stereocenters. The van der Waals surface area contributed by atoms with Crippen molar-refractivity contribution in [1.82, 2.24) is 19.5 Å². The summed E-state index contributed by atoms with van der Waals surface area (Å²) in [6.45, 7) is 5.00. The normalized spacial score (nSPS) is 30.1. The monoisotopic (exact) mass is 501 g/mol. The van der Waals surface area contributed by atoms with E-state index in [1.165, 1.54) is 5.56 Å². The van der Waals surface area contributed by atoms with Crippen LogP contribution in [-0.4, -0.2) is 68.4 Å². The van der Waals surface area contributed by atoms with Crippen LogP contribution in [0.3, 0.4) is 0 Å². The molecular weight excluding hydrogens is 477 g/mol. The van der Waals surface area contributed by atoms with Crippen LogP contribution in [0.25, 0.3) is 11.2 Å². The first-order valence-electron chi connectivity index (χ1n) is 11.8. The molecule has 2 aromatic heterocycles. The fourth-order valence-electron chi connectivity index (χ4n) is 6.27. The van der Waals surface area contributed by atoms with E-state index in [2.05, 4.69) is 19.9 Å². The number of halogens is 2. The molecule has 9 nitrogen and oxygen atoms in total. The molecule has 35 heavy (non-hydrogen) atoms. The molecule has 1 spiro atoms. The maximum atomic E-state index is 13.7. The lowest BCUT2D eigenvalue weighted by Crippen LogP contribution is -2.58. The number of hydrogen-bond donors (Lipinski definition) is 1. The number of aromatic nitrogens is 4. The molecule has 3 aromatic rings. The van der Waals surface area contributed by atoms with Gasteiger partial charge in [0.15, 0.2) is 29.0 Å². The van der Waals surface area contributed by atoms with Crippen LogP contribution in [0.1, 0.15) is 37.6 Å². The third-order valence-electron chi connectivity index (χ3n) is 7.75. The molecule has 5 heterocycles. The van der Waals surface area contributed by atoms with Gasteiger partial charge in [-0.25, -0.2) is 9.37 Å². The summed E-state index contributed by atoms with van der Waals surface area (Å²) < 4.78 is 33.7. The van der Waals surface area contributed by atoms with Gasteiger partial charge in [0.25, 0.3) is 0 Å². The summed E-state index contributed by atoms with van der Waals surface area (Å²) in [6, 6.07) is 5.11. The van der Waals surface area contributed by atoms with Crippen molar-refractivity contribution in [2.45, 2.75) is 62.4 Å². The lowest BCUT2D eigenvalue weighted by Gasteiger charge is -2.49. The molecule has 184 valence electrons. The Morgan fingerprint density at radius 1 is 1.20 bits per heavy atom. The quantitative estimate of drug-likeness (QED) is 0.547. The number of benzene rings is 1. The largest absolute Gasteiger partial charge is 0.394 e. The van der Waals surface area contributed by atoms with Crippen LogP contribution in [0.2, 0.25) is 5.28 Å². The molecule has 0 amide bonds. The molecule has 0 radical (unpaired) electrons. The van der Waals surface area contributed by atoms with Gasteiger partial charge >= 0.3 is 0 Å². The van der Waals surface area contributed by atoms with Crippen molar-refractivity contribution in [3.05, 3.63) is 46.8 Å². The van der Waals surface area contributed by atoms with E-state index in [0.29, 0.717) is 17.0 Å². The van der Waals surface area contributed by atoms with Crippen molar-refractivity contribution in [2.24, 2.45) is 0 Å². The summed E-state index contributed by atoms with van der Waals surface area (Å²) in [4.78, 5) is 15.8. The van der Waals surface area contributed by atoms with Gasteiger partial charge in [0.1, 0.15) is 24.1 Å². The van der Waals surface area contributed by atoms with Crippen molar-refractivity contribution >= 4 is 28.6 Å². The number of anilines is 1. The first kappa shape index (κ1) is 21.9. The molecule has 4 atom stereocenters. The summed E-state index contributed by atoms with van der Waals surface area (Å²) in [5.74, 6) is -0.311. The highest BCUT2D eigenvalue weighted by molar-refractivity contribution is 6.28. The van der Waals surface area contributed by atoms with E-state index in [-0.39, 0.29) is 23.1 Å². The number of imidazole rings is 1. The molecule has 11 heteroatoms. The van der Waals surface area contributed by atoms with Gasteiger partial charge in [-0.15, -0.1) is 0 Å². The van der Waals surface area contributed by atoms with Crippen LogP contribution in [0.5, 0.6) is 0 Å². The minimum absolute atomic E-state index is 0.00785. The van der Waals surface area contributed by atoms with Crippen LogP contribution < -0.4 is 4.90 Å². The smallest absolute Gasteiger partial charge is 0.226 e. The molecule has 0 bridgehead atoms. The number of aliphatic hydroxyl groups is 1. The lowest BCUT2D eigenvalue weighted by molar-refractivity contribution is -0.199. The molecule has 3 saturated heterocycles. The summed E-state index contributed by atoms with van der Waals surface area (Å²) >= 11 is 6.38. The number of hydrogen-bond acceptors (Lipinski definition) is 8. The molecule has 1 aromatic carbocycles. The second-order valence-corrected chi connectivity index (χ2v) is 10.7. The number of rotatable bonds is 3. The Labute approximate surface area is 205 Å². The van der Waals surface area contributed by atoms with Crippen molar-refractivity contribution in [3.8, 4) is 0 Å². The topological polar surface area (TPSA) is 94.8 Å². The summed E-state index contributed by atoms with van der Waals surface area (Å²) in [6.07, 6.45) is 1.56. The van der Waals surface area contributed by atoms with Crippen LogP contribution >= 0.6 is 11.6 Å². The van der Waals surface area contributed by atoms with Crippen LogP contribution in [0.4, 0.5) is 10.2 Å². The fraction of sp³-hybridized carbons (Fsp3) is 0.542. The van der Waals surface area contributed by atoms with Gasteiger partial charge in [-0.05, 0) is 61.5 Å². The zero-order chi connectivity index (χ0) is 24.1. The second kappa shape index (κ2) is 7.33. The minimum Gasteiger partial charge on any atom is -0.394 e. The van der Waals surface area contributed by atoms with E-state index in [4.69, 9.17) is 25.8 Å². The number of aliphatic hydroxyl groups excluding tert-OH is 1. The molecule has 7 rings (SSSR count).